The van der Waals surface area contributed by atoms with Crippen LogP contribution in [0.25, 0.3) is 0 Å². The summed E-state index contributed by atoms with van der Waals surface area (Å²) in [6.45, 7) is 7.32. The Morgan fingerprint density at radius 1 is 0.941 bits per heavy atom. The summed E-state index contributed by atoms with van der Waals surface area (Å²) in [5, 5.41) is 13.2. The minimum atomic E-state index is 0.0730. The van der Waals surface area contributed by atoms with Crippen molar-refractivity contribution in [1.82, 2.24) is 30.0 Å². The first kappa shape index (κ1) is 21.6. The summed E-state index contributed by atoms with van der Waals surface area (Å²) >= 11 is 0. The molecule has 1 aliphatic carbocycles. The van der Waals surface area contributed by atoms with Crippen molar-refractivity contribution in [2.45, 2.75) is 51.2 Å². The topological polar surface area (TPSA) is 68.5 Å². The number of tetrazole rings is 1. The summed E-state index contributed by atoms with van der Waals surface area (Å²) in [7, 11) is 0. The van der Waals surface area contributed by atoms with E-state index in [9.17, 15) is 0 Å². The van der Waals surface area contributed by atoms with Crippen LogP contribution in [-0.4, -0.2) is 63.0 Å². The predicted molar refractivity (Wildman–Crippen MR) is 128 cm³/mol. The van der Waals surface area contributed by atoms with E-state index in [0.717, 1.165) is 50.0 Å². The molecule has 0 amide bonds. The van der Waals surface area contributed by atoms with Crippen molar-refractivity contribution in [3.8, 4) is 11.5 Å². The van der Waals surface area contributed by atoms with Crippen LogP contribution in [0.1, 0.15) is 60.3 Å². The summed E-state index contributed by atoms with van der Waals surface area (Å²) in [6, 6.07) is 15.6. The average molecular weight is 461 g/mol. The molecule has 3 aliphatic rings. The zero-order chi connectivity index (χ0) is 22.9. The van der Waals surface area contributed by atoms with Crippen LogP contribution in [0, 0.1) is 6.92 Å². The molecule has 34 heavy (non-hydrogen) atoms. The Bertz CT molecular complexity index is 1120. The smallest absolute Gasteiger partial charge is 0.231 e. The third-order valence-corrected chi connectivity index (χ3v) is 7.44. The number of ether oxygens (including phenoxy) is 2. The van der Waals surface area contributed by atoms with Crippen LogP contribution >= 0.6 is 0 Å². The van der Waals surface area contributed by atoms with E-state index in [1.54, 1.807) is 0 Å². The number of piperazine rings is 1. The van der Waals surface area contributed by atoms with Gasteiger partial charge < -0.3 is 9.47 Å². The molecule has 2 aromatic carbocycles. The lowest BCUT2D eigenvalue weighted by molar-refractivity contribution is 0.0992. The first-order chi connectivity index (χ1) is 16.7. The third kappa shape index (κ3) is 4.28. The number of hydrogen-bond donors (Lipinski definition) is 0. The summed E-state index contributed by atoms with van der Waals surface area (Å²) < 4.78 is 13.1. The maximum atomic E-state index is 5.56. The molecule has 3 heterocycles. The minimum absolute atomic E-state index is 0.0730. The second-order valence-corrected chi connectivity index (χ2v) is 9.73. The van der Waals surface area contributed by atoms with Crippen LogP contribution in [0.3, 0.4) is 0 Å². The molecule has 1 aromatic heterocycles. The van der Waals surface area contributed by atoms with Crippen molar-refractivity contribution in [1.29, 1.82) is 0 Å². The van der Waals surface area contributed by atoms with E-state index >= 15 is 0 Å². The Morgan fingerprint density at radius 2 is 1.71 bits per heavy atom. The van der Waals surface area contributed by atoms with Crippen molar-refractivity contribution < 1.29 is 9.47 Å². The number of fused-ring (bicyclic) bond motifs is 1. The molecule has 0 unspecified atom stereocenters. The molecule has 2 fully saturated rings. The molecule has 0 bridgehead atoms. The maximum absolute atomic E-state index is 5.56. The lowest BCUT2D eigenvalue weighted by Crippen LogP contribution is -2.48. The van der Waals surface area contributed by atoms with Gasteiger partial charge in [0.05, 0.1) is 12.1 Å². The van der Waals surface area contributed by atoms with Gasteiger partial charge in [0.15, 0.2) is 17.3 Å². The molecule has 3 aromatic rings. The summed E-state index contributed by atoms with van der Waals surface area (Å²) in [5.74, 6) is 2.68. The highest BCUT2D eigenvalue weighted by atomic mass is 16.7. The van der Waals surface area contributed by atoms with Gasteiger partial charge in [-0.15, -0.1) is 5.10 Å². The molecule has 0 N–H and O–H groups in total. The van der Waals surface area contributed by atoms with Crippen molar-refractivity contribution in [2.75, 3.05) is 33.0 Å². The van der Waals surface area contributed by atoms with Gasteiger partial charge in [0.2, 0.25) is 6.79 Å². The Hall–Kier alpha value is -2.97. The van der Waals surface area contributed by atoms with E-state index in [0.29, 0.717) is 12.8 Å². The Kier molecular flexibility index (Phi) is 5.93. The van der Waals surface area contributed by atoms with Crippen LogP contribution in [0.15, 0.2) is 42.5 Å². The van der Waals surface area contributed by atoms with Gasteiger partial charge >= 0.3 is 0 Å². The van der Waals surface area contributed by atoms with Crippen molar-refractivity contribution in [2.24, 2.45) is 0 Å². The molecule has 2 aliphatic heterocycles. The lowest BCUT2D eigenvalue weighted by atomic mass is 10.0. The highest BCUT2D eigenvalue weighted by molar-refractivity contribution is 5.44. The molecule has 178 valence electrons. The fraction of sp³-hybridized carbons (Fsp3) is 0.500. The zero-order valence-electron chi connectivity index (χ0n) is 19.8. The first-order valence-corrected chi connectivity index (χ1v) is 12.4. The van der Waals surface area contributed by atoms with Gasteiger partial charge in [-0.3, -0.25) is 9.80 Å². The predicted octanol–water partition coefficient (Wildman–Crippen LogP) is 3.73. The van der Waals surface area contributed by atoms with E-state index in [1.165, 1.54) is 42.4 Å². The minimum Gasteiger partial charge on any atom is -0.454 e. The molecule has 1 saturated carbocycles. The summed E-state index contributed by atoms with van der Waals surface area (Å²) in [5.41, 5.74) is 3.80. The molecular weight excluding hydrogens is 428 g/mol. The average Bonchev–Trinajstić information content (AvgIpc) is 3.63. The van der Waals surface area contributed by atoms with Crippen molar-refractivity contribution in [3.63, 3.8) is 0 Å². The third-order valence-electron chi connectivity index (χ3n) is 7.44. The van der Waals surface area contributed by atoms with E-state index in [4.69, 9.17) is 9.47 Å². The van der Waals surface area contributed by atoms with E-state index < -0.39 is 0 Å². The van der Waals surface area contributed by atoms with Crippen LogP contribution in [0.4, 0.5) is 0 Å². The van der Waals surface area contributed by atoms with Crippen LogP contribution < -0.4 is 9.47 Å². The maximum Gasteiger partial charge on any atom is 0.231 e. The molecule has 0 spiro atoms. The molecule has 6 rings (SSSR count). The van der Waals surface area contributed by atoms with Gasteiger partial charge in [0.1, 0.15) is 0 Å². The van der Waals surface area contributed by atoms with Crippen LogP contribution in [-0.2, 0) is 6.54 Å². The number of aromatic nitrogens is 4. The van der Waals surface area contributed by atoms with Crippen LogP contribution in [0.5, 0.6) is 11.5 Å². The van der Waals surface area contributed by atoms with Gasteiger partial charge in [-0.25, -0.2) is 4.68 Å². The van der Waals surface area contributed by atoms with E-state index in [-0.39, 0.29) is 6.04 Å². The summed E-state index contributed by atoms with van der Waals surface area (Å²) in [4.78, 5) is 5.07. The normalized spacial score (nSPS) is 20.1. The standard InChI is InChI=1S/C26H32N6O2/c1-19-6-9-21(10-7-19)25(26-27-28-29-32(26)22-4-2-3-5-22)31-14-12-30(13-15-31)17-20-8-11-23-24(16-20)34-18-33-23/h6-11,16,22,25H,2-5,12-15,17-18H2,1H3/t25-/m0/s1. The number of aryl methyl sites for hydroxylation is 1. The molecule has 0 radical (unpaired) electrons. The number of benzene rings is 2. The second-order valence-electron chi connectivity index (χ2n) is 9.73. The van der Waals surface area contributed by atoms with Crippen LogP contribution in [0.2, 0.25) is 0 Å². The molecule has 8 nitrogen and oxygen atoms in total. The largest absolute Gasteiger partial charge is 0.454 e. The molecule has 1 saturated heterocycles. The zero-order valence-corrected chi connectivity index (χ0v) is 19.8. The van der Waals surface area contributed by atoms with Crippen molar-refractivity contribution in [3.05, 3.63) is 65.0 Å². The SMILES string of the molecule is Cc1ccc([C@@H](c2nnnn2C2CCCC2)N2CCN(Cc3ccc4c(c3)OCO4)CC2)cc1. The van der Waals surface area contributed by atoms with Crippen molar-refractivity contribution >= 4 is 0 Å². The van der Waals surface area contributed by atoms with E-state index in [2.05, 4.69) is 73.3 Å². The number of nitrogens with zero attached hydrogens (tertiary/aromatic N) is 6. The van der Waals surface area contributed by atoms with Gasteiger partial charge in [-0.2, -0.15) is 0 Å². The van der Waals surface area contributed by atoms with E-state index in [1.807, 2.05) is 6.07 Å². The fourth-order valence-electron chi connectivity index (χ4n) is 5.54. The first-order valence-electron chi connectivity index (χ1n) is 12.4. The highest BCUT2D eigenvalue weighted by Crippen LogP contribution is 2.35. The second kappa shape index (κ2) is 9.35. The fourth-order valence-corrected chi connectivity index (χ4v) is 5.54. The Labute approximate surface area is 200 Å². The Morgan fingerprint density at radius 3 is 2.50 bits per heavy atom. The monoisotopic (exact) mass is 460 g/mol. The summed E-state index contributed by atoms with van der Waals surface area (Å²) in [6.07, 6.45) is 4.86. The number of rotatable bonds is 6. The molecular formula is C26H32N6O2. The quantitative estimate of drug-likeness (QED) is 0.555. The van der Waals surface area contributed by atoms with Gasteiger partial charge in [-0.1, -0.05) is 48.7 Å². The van der Waals surface area contributed by atoms with Gasteiger partial charge in [0.25, 0.3) is 0 Å². The van der Waals surface area contributed by atoms with Gasteiger partial charge in [-0.05, 0) is 53.5 Å². The lowest BCUT2D eigenvalue weighted by Gasteiger charge is -2.39. The highest BCUT2D eigenvalue weighted by Gasteiger charge is 2.33. The molecule has 8 heteroatoms. The van der Waals surface area contributed by atoms with Gasteiger partial charge in [0, 0.05) is 32.7 Å². The Balaban J connectivity index is 1.20. The number of hydrogen-bond acceptors (Lipinski definition) is 7. The molecule has 1 atom stereocenters.